The van der Waals surface area contributed by atoms with Crippen molar-refractivity contribution in [1.82, 2.24) is 5.32 Å². The number of hydrogen-bond donors (Lipinski definition) is 4. The SMILES string of the molecule is [C-]#[N+]C(C)(CCC(=O)CCCOCCOCCOCCOCCOCCOCCOCCOCCOCCOCCOCCOCCOCCOCCOCCOCCOCCOCCOCCOCCOCCOCCOCCOCC(=O)CCCOCCOCC(=O)CCCCCCO[C@@H]1O[C@H](O)[C@H](O)[C@H](O)[C@H]1NC(C)=O)C(C)C. The van der Waals surface area contributed by atoms with Gasteiger partial charge < -0.3 is 158 Å². The predicted molar refractivity (Wildman–Crippen MR) is 423 cm³/mol. The molecule has 1 fully saturated rings. The van der Waals surface area contributed by atoms with E-state index < -0.39 is 42.3 Å². The summed E-state index contributed by atoms with van der Waals surface area (Å²) in [4.78, 5) is 51.6. The second-order valence-electron chi connectivity index (χ2n) is 26.9. The molecular formula is C80H150N2O35. The molecule has 1 aliphatic heterocycles. The van der Waals surface area contributed by atoms with Crippen LogP contribution in [0.15, 0.2) is 0 Å². The third kappa shape index (κ3) is 77.3. The Kier molecular flexibility index (Phi) is 83.7. The van der Waals surface area contributed by atoms with Gasteiger partial charge in [-0.25, -0.2) is 6.57 Å². The van der Waals surface area contributed by atoms with E-state index in [0.29, 0.717) is 382 Å². The summed E-state index contributed by atoms with van der Waals surface area (Å²) in [6.07, 6.45) is 0.496. The van der Waals surface area contributed by atoms with Gasteiger partial charge in [0, 0.05) is 71.7 Å². The summed E-state index contributed by atoms with van der Waals surface area (Å²) in [6, 6.07) is -1.03. The summed E-state index contributed by atoms with van der Waals surface area (Å²) in [5.74, 6) is -0.0813. The van der Waals surface area contributed by atoms with Crippen molar-refractivity contribution in [2.45, 2.75) is 135 Å². The zero-order valence-corrected chi connectivity index (χ0v) is 71.1. The molecule has 1 heterocycles. The standard InChI is InChI=1S/C80H150N2O35/c1-70(2)80(4,81-5)16-15-72(84)13-10-17-90-20-21-92-22-23-93-24-25-94-26-27-95-28-29-96-30-31-97-32-33-98-34-35-99-36-37-100-38-39-101-40-41-102-42-43-103-44-45-104-46-47-105-48-49-106-50-51-107-52-53-108-54-55-109-56-57-110-58-59-111-60-61-112-62-63-113-65-67-115-69-74(86)14-11-18-91-64-66-114-68-73(85)12-8-6-7-9-19-116-79-75(82-71(3)83)76(87)77(88)78(89)117-79/h70,75-79,87-89H,6-69H2,1-4H3,(H,82,83)/t75-,76-,77-,78+,79-,80?/m1/s1. The molecule has 4 N–H and O–H groups in total. The Morgan fingerprint density at radius 3 is 0.795 bits per heavy atom. The highest BCUT2D eigenvalue weighted by atomic mass is 16.7. The monoisotopic (exact) mass is 1700 g/mol. The lowest BCUT2D eigenvalue weighted by Gasteiger charge is -2.40. The molecule has 1 unspecified atom stereocenters. The number of nitrogens with zero attached hydrogens (tertiary/aromatic N) is 1. The summed E-state index contributed by atoms with van der Waals surface area (Å²) >= 11 is 0. The number of hydrogen-bond acceptors (Lipinski definition) is 35. The van der Waals surface area contributed by atoms with Crippen molar-refractivity contribution in [2.24, 2.45) is 5.92 Å². The Hall–Kier alpha value is -3.27. The van der Waals surface area contributed by atoms with Crippen molar-refractivity contribution in [1.29, 1.82) is 0 Å². The molecule has 0 aromatic heterocycles. The molecule has 0 aliphatic carbocycles. The van der Waals surface area contributed by atoms with Crippen LogP contribution >= 0.6 is 0 Å². The van der Waals surface area contributed by atoms with E-state index in [0.717, 1.165) is 12.8 Å². The van der Waals surface area contributed by atoms with Crippen molar-refractivity contribution >= 4 is 23.3 Å². The van der Waals surface area contributed by atoms with Crippen LogP contribution in [-0.2, 0) is 152 Å². The maximum atomic E-state index is 12.2. The van der Waals surface area contributed by atoms with Crippen molar-refractivity contribution in [3.63, 3.8) is 0 Å². The number of ketones is 3. The van der Waals surface area contributed by atoms with Gasteiger partial charge in [0.15, 0.2) is 24.1 Å². The molecule has 0 spiro atoms. The average molecular weight is 1700 g/mol. The van der Waals surface area contributed by atoms with Crippen LogP contribution in [0.1, 0.15) is 98.3 Å². The van der Waals surface area contributed by atoms with Crippen LogP contribution in [-0.4, -0.2) is 425 Å². The lowest BCUT2D eigenvalue weighted by Crippen LogP contribution is -2.63. The fourth-order valence-electron chi connectivity index (χ4n) is 9.88. The molecule has 0 radical (unpaired) electrons. The molecule has 0 saturated carbocycles. The summed E-state index contributed by atoms with van der Waals surface area (Å²) in [5, 5.41) is 32.3. The lowest BCUT2D eigenvalue weighted by atomic mass is 9.84. The second kappa shape index (κ2) is 87.6. The Bertz CT molecular complexity index is 2210. The van der Waals surface area contributed by atoms with Crippen LogP contribution in [0.5, 0.6) is 0 Å². The van der Waals surface area contributed by atoms with Crippen molar-refractivity contribution < 1.29 is 167 Å². The van der Waals surface area contributed by atoms with E-state index in [9.17, 15) is 34.5 Å². The minimum Gasteiger partial charge on any atom is -0.388 e. The van der Waals surface area contributed by atoms with Crippen molar-refractivity contribution in [2.75, 3.05) is 350 Å². The fourth-order valence-corrected chi connectivity index (χ4v) is 9.88. The number of carbonyl (C=O) groups excluding carboxylic acids is 4. The number of rotatable bonds is 97. The zero-order chi connectivity index (χ0) is 84.7. The summed E-state index contributed by atoms with van der Waals surface area (Å²) < 4.78 is 154. The van der Waals surface area contributed by atoms with Gasteiger partial charge in [-0.05, 0) is 25.7 Å². The molecule has 690 valence electrons. The summed E-state index contributed by atoms with van der Waals surface area (Å²) in [6.45, 7) is 37.3. The van der Waals surface area contributed by atoms with Crippen molar-refractivity contribution in [3.8, 4) is 0 Å². The van der Waals surface area contributed by atoms with Gasteiger partial charge in [0.1, 0.15) is 37.2 Å². The van der Waals surface area contributed by atoms with Gasteiger partial charge in [0.2, 0.25) is 11.4 Å². The van der Waals surface area contributed by atoms with Gasteiger partial charge in [-0.2, -0.15) is 0 Å². The normalized spacial score (nSPS) is 16.2. The van der Waals surface area contributed by atoms with Crippen LogP contribution in [0.4, 0.5) is 0 Å². The van der Waals surface area contributed by atoms with Gasteiger partial charge in [0.25, 0.3) is 0 Å². The summed E-state index contributed by atoms with van der Waals surface area (Å²) in [5.41, 5.74) is -0.476. The molecule has 0 aromatic carbocycles. The van der Waals surface area contributed by atoms with E-state index in [4.69, 9.17) is 139 Å². The molecule has 1 aliphatic rings. The number of nitrogens with one attached hydrogen (secondary N) is 1. The molecule has 6 atom stereocenters. The third-order valence-electron chi connectivity index (χ3n) is 16.9. The Balaban J connectivity index is 1.64. The first-order chi connectivity index (χ1) is 57.3. The Morgan fingerprint density at radius 2 is 0.547 bits per heavy atom. The van der Waals surface area contributed by atoms with Gasteiger partial charge >= 0.3 is 0 Å². The average Bonchev–Trinajstić information content (AvgIpc) is 0.812. The number of aliphatic hydroxyl groups is 3. The van der Waals surface area contributed by atoms with Crippen molar-refractivity contribution in [3.05, 3.63) is 11.4 Å². The molecule has 1 rings (SSSR count). The second-order valence-corrected chi connectivity index (χ2v) is 26.9. The summed E-state index contributed by atoms with van der Waals surface area (Å²) in [7, 11) is 0. The van der Waals surface area contributed by atoms with Gasteiger partial charge in [-0.3, -0.25) is 19.2 Å². The number of carbonyl (C=O) groups is 4. The largest absolute Gasteiger partial charge is 0.388 e. The number of ether oxygens (including phenoxy) is 28. The first-order valence-corrected chi connectivity index (χ1v) is 41.8. The fraction of sp³-hybridized carbons (Fsp3) is 0.938. The minimum atomic E-state index is -1.64. The smallest absolute Gasteiger partial charge is 0.232 e. The van der Waals surface area contributed by atoms with Crippen LogP contribution in [0.25, 0.3) is 4.85 Å². The molecule has 37 heteroatoms. The van der Waals surface area contributed by atoms with E-state index in [2.05, 4.69) is 10.2 Å². The first-order valence-electron chi connectivity index (χ1n) is 41.8. The number of unbranched alkanes of at least 4 members (excludes halogenated alkanes) is 3. The van der Waals surface area contributed by atoms with Crippen LogP contribution < -0.4 is 5.32 Å². The molecular weight excluding hydrogens is 1550 g/mol. The number of aliphatic hydroxyl groups excluding tert-OH is 3. The maximum Gasteiger partial charge on any atom is 0.232 e. The highest BCUT2D eigenvalue weighted by Crippen LogP contribution is 2.27. The lowest BCUT2D eigenvalue weighted by molar-refractivity contribution is -0.315. The molecule has 0 aromatic rings. The molecule has 37 nitrogen and oxygen atoms in total. The maximum absolute atomic E-state index is 12.2. The van der Waals surface area contributed by atoms with Crippen LogP contribution in [0.2, 0.25) is 0 Å². The molecule has 1 saturated heterocycles. The highest BCUT2D eigenvalue weighted by molar-refractivity contribution is 5.80. The zero-order valence-electron chi connectivity index (χ0n) is 71.1. The van der Waals surface area contributed by atoms with E-state index >= 15 is 0 Å². The number of amides is 1. The topological polar surface area (TPSA) is 404 Å². The third-order valence-corrected chi connectivity index (χ3v) is 16.9. The molecule has 1 amide bonds. The first kappa shape index (κ1) is 112. The van der Waals surface area contributed by atoms with E-state index in [1.165, 1.54) is 6.92 Å². The Labute approximate surface area is 695 Å². The van der Waals surface area contributed by atoms with E-state index in [1.807, 2.05) is 20.8 Å². The van der Waals surface area contributed by atoms with Crippen LogP contribution in [0.3, 0.4) is 0 Å². The van der Waals surface area contributed by atoms with E-state index in [1.54, 1.807) is 0 Å². The molecule has 0 bridgehead atoms. The minimum absolute atomic E-state index is 0.00246. The van der Waals surface area contributed by atoms with E-state index in [-0.39, 0.29) is 49.7 Å². The van der Waals surface area contributed by atoms with Gasteiger partial charge in [-0.1, -0.05) is 26.7 Å². The predicted octanol–water partition coefficient (Wildman–Crippen LogP) is 2.67. The molecule has 117 heavy (non-hydrogen) atoms. The van der Waals surface area contributed by atoms with Crippen LogP contribution in [0, 0.1) is 12.5 Å². The number of Topliss-reactive ketones (excluding diaryl/α,β-unsaturated/α-hetero) is 3. The quantitative estimate of drug-likeness (QED) is 0.0502. The Morgan fingerprint density at radius 1 is 0.316 bits per heavy atom. The van der Waals surface area contributed by atoms with Gasteiger partial charge in [0.05, 0.1) is 317 Å². The highest BCUT2D eigenvalue weighted by Gasteiger charge is 2.45. The van der Waals surface area contributed by atoms with Gasteiger partial charge in [-0.15, -0.1) is 0 Å².